The number of rotatable bonds is 4. The number of hydrogen-bond donors (Lipinski definition) is 2. The molecule has 1 aromatic rings. The van der Waals surface area contributed by atoms with Crippen molar-refractivity contribution in [1.29, 1.82) is 0 Å². The van der Waals surface area contributed by atoms with Crippen LogP contribution < -0.4 is 11.5 Å². The zero-order chi connectivity index (χ0) is 12.8. The Bertz CT molecular complexity index is 453. The van der Waals surface area contributed by atoms with Gasteiger partial charge in [0.15, 0.2) is 5.82 Å². The van der Waals surface area contributed by atoms with E-state index >= 15 is 0 Å². The zero-order valence-corrected chi connectivity index (χ0v) is 9.21. The summed E-state index contributed by atoms with van der Waals surface area (Å²) in [6.45, 7) is 1.89. The van der Waals surface area contributed by atoms with E-state index in [1.807, 2.05) is 0 Å². The van der Waals surface area contributed by atoms with Crippen LogP contribution >= 0.6 is 0 Å². The van der Waals surface area contributed by atoms with Gasteiger partial charge >= 0.3 is 5.97 Å². The normalized spacial score (nSPS) is 11.0. The number of nitrogens with zero attached hydrogens (tertiary/aromatic N) is 2. The predicted molar refractivity (Wildman–Crippen MR) is 59.3 cm³/mol. The Morgan fingerprint density at radius 2 is 2.00 bits per heavy atom. The van der Waals surface area contributed by atoms with Crippen molar-refractivity contribution < 1.29 is 14.3 Å². The van der Waals surface area contributed by atoms with Gasteiger partial charge in [-0.25, -0.2) is 14.8 Å². The molecule has 0 aliphatic heterocycles. The molecule has 1 rings (SSSR count). The second-order valence-corrected chi connectivity index (χ2v) is 2.96. The molecular formula is C10H12N4O3. The van der Waals surface area contributed by atoms with E-state index < -0.39 is 11.9 Å². The molecule has 1 amide bonds. The van der Waals surface area contributed by atoms with Gasteiger partial charge in [-0.15, -0.1) is 0 Å². The largest absolute Gasteiger partial charge is 0.462 e. The first kappa shape index (κ1) is 12.6. The molecule has 0 radical (unpaired) electrons. The lowest BCUT2D eigenvalue weighted by Gasteiger charge is -2.04. The van der Waals surface area contributed by atoms with E-state index in [0.29, 0.717) is 0 Å². The monoisotopic (exact) mass is 236 g/mol. The third-order valence-electron chi connectivity index (χ3n) is 1.84. The van der Waals surface area contributed by atoms with Crippen LogP contribution in [0.4, 0.5) is 0 Å². The fourth-order valence-corrected chi connectivity index (χ4v) is 1.04. The lowest BCUT2D eigenvalue weighted by atomic mass is 10.2. The summed E-state index contributed by atoms with van der Waals surface area (Å²) in [4.78, 5) is 29.9. The smallest absolute Gasteiger partial charge is 0.343 e. The summed E-state index contributed by atoms with van der Waals surface area (Å²) in [5.74, 6) is -1.19. The SMILES string of the molecule is CCOC(=O)C(=CN)c1ncc(C(N)=O)cn1. The number of nitrogens with two attached hydrogens (primary N) is 2. The summed E-state index contributed by atoms with van der Waals surface area (Å²) < 4.78 is 4.77. The molecule has 4 N–H and O–H groups in total. The van der Waals surface area contributed by atoms with Crippen molar-refractivity contribution in [1.82, 2.24) is 9.97 Å². The van der Waals surface area contributed by atoms with Gasteiger partial charge in [0.05, 0.1) is 12.2 Å². The molecule has 0 aliphatic carbocycles. The van der Waals surface area contributed by atoms with Crippen LogP contribution in [0.25, 0.3) is 5.57 Å². The van der Waals surface area contributed by atoms with E-state index in [1.165, 1.54) is 12.4 Å². The standard InChI is InChI=1S/C10H12N4O3/c1-2-17-10(16)7(3-11)9-13-4-6(5-14-9)8(12)15/h3-5H,2,11H2,1H3,(H2,12,15). The Hall–Kier alpha value is -2.44. The van der Waals surface area contributed by atoms with Crippen molar-refractivity contribution in [3.8, 4) is 0 Å². The first-order chi connectivity index (χ1) is 8.10. The van der Waals surface area contributed by atoms with Crippen molar-refractivity contribution in [3.63, 3.8) is 0 Å². The quantitative estimate of drug-likeness (QED) is 0.533. The maximum atomic E-state index is 11.5. The van der Waals surface area contributed by atoms with Gasteiger partial charge in [0, 0.05) is 18.6 Å². The molecule has 0 aromatic carbocycles. The summed E-state index contributed by atoms with van der Waals surface area (Å²) in [5, 5.41) is 0. The number of aromatic nitrogens is 2. The Morgan fingerprint density at radius 1 is 1.41 bits per heavy atom. The molecule has 0 saturated carbocycles. The second kappa shape index (κ2) is 5.59. The topological polar surface area (TPSA) is 121 Å². The van der Waals surface area contributed by atoms with Gasteiger partial charge < -0.3 is 16.2 Å². The van der Waals surface area contributed by atoms with E-state index in [4.69, 9.17) is 16.2 Å². The molecule has 1 heterocycles. The van der Waals surface area contributed by atoms with E-state index in [2.05, 4.69) is 9.97 Å². The number of hydrogen-bond acceptors (Lipinski definition) is 6. The molecule has 0 unspecified atom stereocenters. The first-order valence-corrected chi connectivity index (χ1v) is 4.81. The first-order valence-electron chi connectivity index (χ1n) is 4.81. The third kappa shape index (κ3) is 3.00. The van der Waals surface area contributed by atoms with Gasteiger partial charge in [-0.2, -0.15) is 0 Å². The number of esters is 1. The second-order valence-electron chi connectivity index (χ2n) is 2.96. The number of carbonyl (C=O) groups excluding carboxylic acids is 2. The summed E-state index contributed by atoms with van der Waals surface area (Å²) in [5.41, 5.74) is 10.5. The molecule has 7 nitrogen and oxygen atoms in total. The molecule has 0 aliphatic rings. The van der Waals surface area contributed by atoms with Gasteiger partial charge in [0.25, 0.3) is 5.91 Å². The summed E-state index contributed by atoms with van der Waals surface area (Å²) in [6, 6.07) is 0. The van der Waals surface area contributed by atoms with Gasteiger partial charge in [0.1, 0.15) is 5.57 Å². The van der Waals surface area contributed by atoms with Crippen LogP contribution in [0.1, 0.15) is 23.1 Å². The molecule has 1 aromatic heterocycles. The summed E-state index contributed by atoms with van der Waals surface area (Å²) in [6.07, 6.45) is 3.48. The average Bonchev–Trinajstić information content (AvgIpc) is 2.31. The molecule has 0 bridgehead atoms. The number of ether oxygens (including phenoxy) is 1. The van der Waals surface area contributed by atoms with Crippen LogP contribution in [0.5, 0.6) is 0 Å². The molecule has 90 valence electrons. The van der Waals surface area contributed by atoms with E-state index in [9.17, 15) is 9.59 Å². The average molecular weight is 236 g/mol. The molecular weight excluding hydrogens is 224 g/mol. The van der Waals surface area contributed by atoms with Crippen LogP contribution in [0, 0.1) is 0 Å². The van der Waals surface area contributed by atoms with Gasteiger partial charge in [-0.3, -0.25) is 4.79 Å². The highest BCUT2D eigenvalue weighted by Crippen LogP contribution is 2.09. The van der Waals surface area contributed by atoms with Crippen LogP contribution in [0.2, 0.25) is 0 Å². The van der Waals surface area contributed by atoms with Crippen LogP contribution in [-0.2, 0) is 9.53 Å². The van der Waals surface area contributed by atoms with Crippen molar-refractivity contribution in [3.05, 3.63) is 30.0 Å². The van der Waals surface area contributed by atoms with Crippen molar-refractivity contribution >= 4 is 17.4 Å². The Morgan fingerprint density at radius 3 is 2.41 bits per heavy atom. The Labute approximate surface area is 97.5 Å². The maximum Gasteiger partial charge on any atom is 0.343 e. The summed E-state index contributed by atoms with van der Waals surface area (Å²) >= 11 is 0. The summed E-state index contributed by atoms with van der Waals surface area (Å²) in [7, 11) is 0. The van der Waals surface area contributed by atoms with E-state index in [-0.39, 0.29) is 23.6 Å². The minimum atomic E-state index is -0.647. The fraction of sp³-hybridized carbons (Fsp3) is 0.200. The molecule has 0 atom stereocenters. The molecule has 0 fully saturated rings. The lowest BCUT2D eigenvalue weighted by Crippen LogP contribution is -2.14. The number of carbonyl (C=O) groups is 2. The molecule has 7 heteroatoms. The van der Waals surface area contributed by atoms with Gasteiger partial charge in [-0.05, 0) is 6.92 Å². The Kier molecular flexibility index (Phi) is 4.15. The molecule has 0 saturated heterocycles. The van der Waals surface area contributed by atoms with E-state index in [1.54, 1.807) is 6.92 Å². The fourth-order valence-electron chi connectivity index (χ4n) is 1.04. The predicted octanol–water partition coefficient (Wildman–Crippen LogP) is -0.562. The van der Waals surface area contributed by atoms with Gasteiger partial charge in [0.2, 0.25) is 0 Å². The lowest BCUT2D eigenvalue weighted by molar-refractivity contribution is -0.136. The minimum absolute atomic E-state index is 0.0304. The van der Waals surface area contributed by atoms with Gasteiger partial charge in [-0.1, -0.05) is 0 Å². The maximum absolute atomic E-state index is 11.5. The minimum Gasteiger partial charge on any atom is -0.462 e. The highest BCUT2D eigenvalue weighted by atomic mass is 16.5. The zero-order valence-electron chi connectivity index (χ0n) is 9.21. The number of amides is 1. The Balaban J connectivity index is 2.98. The third-order valence-corrected chi connectivity index (χ3v) is 1.84. The highest BCUT2D eigenvalue weighted by molar-refractivity contribution is 6.15. The van der Waals surface area contributed by atoms with Crippen molar-refractivity contribution in [2.24, 2.45) is 11.5 Å². The van der Waals surface area contributed by atoms with Crippen molar-refractivity contribution in [2.75, 3.05) is 6.61 Å². The highest BCUT2D eigenvalue weighted by Gasteiger charge is 2.15. The van der Waals surface area contributed by atoms with E-state index in [0.717, 1.165) is 6.20 Å². The van der Waals surface area contributed by atoms with Crippen molar-refractivity contribution in [2.45, 2.75) is 6.92 Å². The van der Waals surface area contributed by atoms with Crippen LogP contribution in [-0.4, -0.2) is 28.5 Å². The van der Waals surface area contributed by atoms with Crippen LogP contribution in [0.3, 0.4) is 0 Å². The number of primary amides is 1. The van der Waals surface area contributed by atoms with Crippen LogP contribution in [0.15, 0.2) is 18.6 Å². The molecule has 17 heavy (non-hydrogen) atoms. The molecule has 0 spiro atoms.